The monoisotopic (exact) mass is 257 g/mol. The van der Waals surface area contributed by atoms with Crippen LogP contribution in [0, 0.1) is 11.7 Å². The van der Waals surface area contributed by atoms with Crippen LogP contribution in [-0.4, -0.2) is 20.2 Å². The second-order valence-corrected chi connectivity index (χ2v) is 4.83. The van der Waals surface area contributed by atoms with Crippen molar-refractivity contribution in [2.24, 2.45) is 5.92 Å². The van der Waals surface area contributed by atoms with Crippen LogP contribution in [0.2, 0.25) is 5.02 Å². The average molecular weight is 258 g/mol. The van der Waals surface area contributed by atoms with Crippen molar-refractivity contribution in [2.75, 3.05) is 20.2 Å². The molecule has 2 rings (SSSR count). The van der Waals surface area contributed by atoms with Crippen LogP contribution in [0.3, 0.4) is 0 Å². The van der Waals surface area contributed by atoms with E-state index in [-0.39, 0.29) is 5.02 Å². The molecule has 1 aliphatic rings. The van der Waals surface area contributed by atoms with Gasteiger partial charge in [0, 0.05) is 0 Å². The Morgan fingerprint density at radius 2 is 2.12 bits per heavy atom. The van der Waals surface area contributed by atoms with Crippen LogP contribution < -0.4 is 10.1 Å². The zero-order valence-electron chi connectivity index (χ0n) is 9.93. The van der Waals surface area contributed by atoms with Crippen LogP contribution in [0.5, 0.6) is 5.75 Å². The van der Waals surface area contributed by atoms with Crippen molar-refractivity contribution in [3.63, 3.8) is 0 Å². The highest BCUT2D eigenvalue weighted by Gasteiger charge is 2.18. The molecule has 94 valence electrons. The number of halogens is 2. The molecule has 1 aromatic carbocycles. The van der Waals surface area contributed by atoms with Crippen LogP contribution in [0.15, 0.2) is 12.1 Å². The molecule has 0 bridgehead atoms. The quantitative estimate of drug-likeness (QED) is 0.899. The predicted molar refractivity (Wildman–Crippen MR) is 67.3 cm³/mol. The first-order valence-corrected chi connectivity index (χ1v) is 6.31. The topological polar surface area (TPSA) is 21.3 Å². The number of ether oxygens (including phenoxy) is 1. The van der Waals surface area contributed by atoms with E-state index in [1.54, 1.807) is 6.07 Å². The van der Waals surface area contributed by atoms with Crippen molar-refractivity contribution in [2.45, 2.75) is 19.3 Å². The maximum absolute atomic E-state index is 13.3. The standard InChI is InChI=1S/C13H17ClFNO/c1-17-13-10(2-3-11(15)12(13)14)8-9-4-6-16-7-5-9/h2-3,9,16H,4-8H2,1H3. The molecule has 1 N–H and O–H groups in total. The summed E-state index contributed by atoms with van der Waals surface area (Å²) in [6.45, 7) is 2.11. The predicted octanol–water partition coefficient (Wildman–Crippen LogP) is 3.03. The van der Waals surface area contributed by atoms with Gasteiger partial charge in [-0.05, 0) is 49.9 Å². The number of hydrogen-bond donors (Lipinski definition) is 1. The lowest BCUT2D eigenvalue weighted by Crippen LogP contribution is -2.28. The second-order valence-electron chi connectivity index (χ2n) is 4.45. The van der Waals surface area contributed by atoms with E-state index >= 15 is 0 Å². The number of benzene rings is 1. The second kappa shape index (κ2) is 5.69. The van der Waals surface area contributed by atoms with E-state index in [1.165, 1.54) is 13.2 Å². The molecule has 0 atom stereocenters. The van der Waals surface area contributed by atoms with Crippen molar-refractivity contribution in [1.82, 2.24) is 5.32 Å². The first-order chi connectivity index (χ1) is 8.22. The summed E-state index contributed by atoms with van der Waals surface area (Å²) >= 11 is 5.90. The molecule has 0 amide bonds. The van der Waals surface area contributed by atoms with E-state index in [2.05, 4.69) is 5.32 Å². The van der Waals surface area contributed by atoms with E-state index in [0.29, 0.717) is 11.7 Å². The van der Waals surface area contributed by atoms with Gasteiger partial charge in [0.2, 0.25) is 0 Å². The zero-order chi connectivity index (χ0) is 12.3. The minimum absolute atomic E-state index is 0.0962. The summed E-state index contributed by atoms with van der Waals surface area (Å²) in [5.41, 5.74) is 1.01. The lowest BCUT2D eigenvalue weighted by atomic mass is 9.90. The SMILES string of the molecule is COc1c(CC2CCNCC2)ccc(F)c1Cl. The van der Waals surface area contributed by atoms with Gasteiger partial charge in [0.1, 0.15) is 16.6 Å². The molecule has 0 aliphatic carbocycles. The summed E-state index contributed by atoms with van der Waals surface area (Å²) in [5, 5.41) is 3.43. The average Bonchev–Trinajstić information content (AvgIpc) is 2.36. The van der Waals surface area contributed by atoms with Gasteiger partial charge in [-0.2, -0.15) is 0 Å². The Bertz CT molecular complexity index is 391. The summed E-state index contributed by atoms with van der Waals surface area (Å²) in [6.07, 6.45) is 3.21. The van der Waals surface area contributed by atoms with Crippen molar-refractivity contribution in [1.29, 1.82) is 0 Å². The van der Waals surface area contributed by atoms with Crippen LogP contribution in [0.4, 0.5) is 4.39 Å². The Labute approximate surface area is 106 Å². The highest BCUT2D eigenvalue weighted by molar-refractivity contribution is 6.32. The fourth-order valence-corrected chi connectivity index (χ4v) is 2.61. The minimum atomic E-state index is -0.419. The third-order valence-electron chi connectivity index (χ3n) is 3.30. The molecule has 0 aromatic heterocycles. The number of hydrogen-bond acceptors (Lipinski definition) is 2. The van der Waals surface area contributed by atoms with Gasteiger partial charge in [-0.3, -0.25) is 0 Å². The summed E-state index contributed by atoms with van der Waals surface area (Å²) in [4.78, 5) is 0. The fourth-order valence-electron chi connectivity index (χ4n) is 2.35. The van der Waals surface area contributed by atoms with Gasteiger partial charge in [-0.25, -0.2) is 4.39 Å². The molecule has 0 unspecified atom stereocenters. The van der Waals surface area contributed by atoms with Gasteiger partial charge in [-0.15, -0.1) is 0 Å². The van der Waals surface area contributed by atoms with Crippen molar-refractivity contribution in [3.8, 4) is 5.75 Å². The Morgan fingerprint density at radius 1 is 1.41 bits per heavy atom. The van der Waals surface area contributed by atoms with E-state index in [0.717, 1.165) is 37.9 Å². The highest BCUT2D eigenvalue weighted by Crippen LogP contribution is 2.33. The molecule has 0 spiro atoms. The molecule has 1 saturated heterocycles. The Hall–Kier alpha value is -0.800. The van der Waals surface area contributed by atoms with Crippen molar-refractivity contribution >= 4 is 11.6 Å². The van der Waals surface area contributed by atoms with Gasteiger partial charge < -0.3 is 10.1 Å². The number of rotatable bonds is 3. The van der Waals surface area contributed by atoms with E-state index < -0.39 is 5.82 Å². The molecule has 1 fully saturated rings. The van der Waals surface area contributed by atoms with Crippen molar-refractivity contribution < 1.29 is 9.13 Å². The van der Waals surface area contributed by atoms with Gasteiger partial charge in [-0.1, -0.05) is 17.7 Å². The molecule has 17 heavy (non-hydrogen) atoms. The van der Waals surface area contributed by atoms with E-state index in [9.17, 15) is 4.39 Å². The smallest absolute Gasteiger partial charge is 0.145 e. The zero-order valence-corrected chi connectivity index (χ0v) is 10.7. The highest BCUT2D eigenvalue weighted by atomic mass is 35.5. The maximum atomic E-state index is 13.3. The van der Waals surface area contributed by atoms with Crippen LogP contribution in [0.1, 0.15) is 18.4 Å². The van der Waals surface area contributed by atoms with Crippen LogP contribution >= 0.6 is 11.6 Å². The molecule has 1 aliphatic heterocycles. The molecular weight excluding hydrogens is 241 g/mol. The molecule has 1 aromatic rings. The molecule has 0 saturated carbocycles. The van der Waals surface area contributed by atoms with Gasteiger partial charge >= 0.3 is 0 Å². The minimum Gasteiger partial charge on any atom is -0.495 e. The van der Waals surface area contributed by atoms with E-state index in [4.69, 9.17) is 16.3 Å². The van der Waals surface area contributed by atoms with Gasteiger partial charge in [0.05, 0.1) is 7.11 Å². The summed E-state index contributed by atoms with van der Waals surface area (Å²) in [7, 11) is 1.53. The summed E-state index contributed by atoms with van der Waals surface area (Å²) in [6, 6.07) is 3.20. The molecule has 1 heterocycles. The normalized spacial score (nSPS) is 17.1. The largest absolute Gasteiger partial charge is 0.495 e. The Morgan fingerprint density at radius 3 is 2.76 bits per heavy atom. The molecule has 4 heteroatoms. The van der Waals surface area contributed by atoms with Gasteiger partial charge in [0.25, 0.3) is 0 Å². The van der Waals surface area contributed by atoms with Crippen LogP contribution in [0.25, 0.3) is 0 Å². The first-order valence-electron chi connectivity index (χ1n) is 5.94. The number of methoxy groups -OCH3 is 1. The molecule has 0 radical (unpaired) electrons. The molecular formula is C13H17ClFNO. The third kappa shape index (κ3) is 2.90. The third-order valence-corrected chi connectivity index (χ3v) is 3.66. The first kappa shape index (κ1) is 12.7. The number of piperidine rings is 1. The van der Waals surface area contributed by atoms with Crippen molar-refractivity contribution in [3.05, 3.63) is 28.5 Å². The summed E-state index contributed by atoms with van der Waals surface area (Å²) in [5.74, 6) is 0.703. The van der Waals surface area contributed by atoms with Gasteiger partial charge in [0.15, 0.2) is 0 Å². The Balaban J connectivity index is 2.17. The molecule has 2 nitrogen and oxygen atoms in total. The van der Waals surface area contributed by atoms with Crippen LogP contribution in [-0.2, 0) is 6.42 Å². The Kier molecular flexibility index (Phi) is 4.24. The maximum Gasteiger partial charge on any atom is 0.145 e. The van der Waals surface area contributed by atoms with E-state index in [1.807, 2.05) is 0 Å². The fraction of sp³-hybridized carbons (Fsp3) is 0.538. The number of nitrogens with one attached hydrogen (secondary N) is 1. The lowest BCUT2D eigenvalue weighted by molar-refractivity contribution is 0.360. The lowest BCUT2D eigenvalue weighted by Gasteiger charge is -2.23. The summed E-state index contributed by atoms with van der Waals surface area (Å²) < 4.78 is 18.5.